The Morgan fingerprint density at radius 3 is 2.41 bits per heavy atom. The van der Waals surface area contributed by atoms with Crippen LogP contribution < -0.4 is 4.74 Å². The second kappa shape index (κ2) is 9.53. The van der Waals surface area contributed by atoms with Crippen LogP contribution in [-0.4, -0.2) is 24.1 Å². The van der Waals surface area contributed by atoms with Crippen LogP contribution in [0.15, 0.2) is 85.1 Å². The molecule has 0 N–H and O–H groups in total. The van der Waals surface area contributed by atoms with Gasteiger partial charge >= 0.3 is 21.1 Å². The van der Waals surface area contributed by atoms with Crippen LogP contribution in [0.3, 0.4) is 0 Å². The van der Waals surface area contributed by atoms with Crippen LogP contribution >= 0.6 is 0 Å². The van der Waals surface area contributed by atoms with Crippen LogP contribution in [0, 0.1) is 32.9 Å². The second-order valence-electron chi connectivity index (χ2n) is 10.2. The number of hydrogen-bond acceptors (Lipinski definition) is 4. The normalized spacial score (nSPS) is 11.6. The topological polar surface area (TPSA) is 57.2 Å². The Hall–Kier alpha value is -4.54. The van der Waals surface area contributed by atoms with Gasteiger partial charge in [-0.05, 0) is 43.1 Å². The standard InChI is InChI=1S/C34H23N5O.Pt/c1-20-9-6-13-28-31-21(2)17-25(19-30(31)39-34(32(20)28)36-22(3)37-39)40-24-11-7-10-23(18-24)38-29-15-5-4-12-26(29)27-14-8-16-35-33(27)38;/h4-17H,1-3H3;/q-2;+2. The van der Waals surface area contributed by atoms with Gasteiger partial charge in [0.25, 0.3) is 0 Å². The van der Waals surface area contributed by atoms with E-state index in [2.05, 4.69) is 73.0 Å². The molecule has 4 heterocycles. The summed E-state index contributed by atoms with van der Waals surface area (Å²) in [6.45, 7) is 6.13. The molecule has 4 aromatic carbocycles. The van der Waals surface area contributed by atoms with Gasteiger partial charge in [-0.1, -0.05) is 59.8 Å². The summed E-state index contributed by atoms with van der Waals surface area (Å²) in [5.74, 6) is 1.91. The first-order valence-corrected chi connectivity index (χ1v) is 13.2. The molecule has 8 aromatic rings. The van der Waals surface area contributed by atoms with Gasteiger partial charge in [0, 0.05) is 33.9 Å². The Bertz CT molecular complexity index is 2250. The molecule has 0 fully saturated rings. The molecular formula is C34H23N5OPt. The van der Waals surface area contributed by atoms with Gasteiger partial charge in [-0.2, -0.15) is 11.2 Å². The van der Waals surface area contributed by atoms with Crippen LogP contribution in [0.1, 0.15) is 17.0 Å². The SMILES string of the molecule is Cc1nc2c3c(C)cccc3c3c(C)cc(Oc4[c-]c(-n5c6ccccc6c6cccnc65)ccc4)[c-]c3n2n1.[Pt+2]. The van der Waals surface area contributed by atoms with Gasteiger partial charge in [0.2, 0.25) is 0 Å². The van der Waals surface area contributed by atoms with Crippen LogP contribution in [0.2, 0.25) is 0 Å². The third-order valence-electron chi connectivity index (χ3n) is 7.56. The fraction of sp³-hybridized carbons (Fsp3) is 0.0882. The van der Waals surface area contributed by atoms with E-state index in [0.29, 0.717) is 11.5 Å². The van der Waals surface area contributed by atoms with Crippen molar-refractivity contribution < 1.29 is 25.8 Å². The summed E-state index contributed by atoms with van der Waals surface area (Å²) in [4.78, 5) is 9.46. The van der Waals surface area contributed by atoms with Crippen molar-refractivity contribution in [1.29, 1.82) is 0 Å². The van der Waals surface area contributed by atoms with Gasteiger partial charge in [-0.15, -0.1) is 35.9 Å². The van der Waals surface area contributed by atoms with Crippen molar-refractivity contribution in [1.82, 2.24) is 24.1 Å². The van der Waals surface area contributed by atoms with Crippen LogP contribution in [0.5, 0.6) is 11.5 Å². The molecular weight excluding hydrogens is 689 g/mol. The molecule has 0 aliphatic rings. The first-order chi connectivity index (χ1) is 19.6. The van der Waals surface area contributed by atoms with E-state index in [-0.39, 0.29) is 21.1 Å². The Labute approximate surface area is 250 Å². The van der Waals surface area contributed by atoms with Crippen molar-refractivity contribution in [3.8, 4) is 17.2 Å². The summed E-state index contributed by atoms with van der Waals surface area (Å²) >= 11 is 0. The maximum atomic E-state index is 6.42. The third-order valence-corrected chi connectivity index (χ3v) is 7.56. The zero-order valence-electron chi connectivity index (χ0n) is 22.5. The van der Waals surface area contributed by atoms with E-state index < -0.39 is 0 Å². The molecule has 6 nitrogen and oxygen atoms in total. The Kier molecular flexibility index (Phi) is 5.91. The Morgan fingerprint density at radius 2 is 1.51 bits per heavy atom. The molecule has 4 aromatic heterocycles. The number of nitrogens with zero attached hydrogens (tertiary/aromatic N) is 5. The van der Waals surface area contributed by atoms with Crippen LogP contribution in [0.25, 0.3) is 54.9 Å². The molecule has 0 aliphatic heterocycles. The monoisotopic (exact) mass is 712 g/mol. The number of pyridine rings is 2. The van der Waals surface area contributed by atoms with Crippen molar-refractivity contribution in [2.45, 2.75) is 20.8 Å². The van der Waals surface area contributed by atoms with Crippen molar-refractivity contribution >= 4 is 49.3 Å². The molecule has 0 atom stereocenters. The smallest absolute Gasteiger partial charge is 0.509 e. The van der Waals surface area contributed by atoms with Crippen LogP contribution in [0.4, 0.5) is 0 Å². The van der Waals surface area contributed by atoms with Crippen molar-refractivity contribution in [3.05, 3.63) is 114 Å². The largest absolute Gasteiger partial charge is 2.00 e. The molecule has 200 valence electrons. The second-order valence-corrected chi connectivity index (χ2v) is 10.2. The van der Waals surface area contributed by atoms with Crippen molar-refractivity contribution in [2.75, 3.05) is 0 Å². The number of hydrogen-bond donors (Lipinski definition) is 0. The van der Waals surface area contributed by atoms with E-state index in [1.807, 2.05) is 54.0 Å². The predicted molar refractivity (Wildman–Crippen MR) is 159 cm³/mol. The Morgan fingerprint density at radius 1 is 0.707 bits per heavy atom. The first kappa shape index (κ1) is 25.4. The van der Waals surface area contributed by atoms with Gasteiger partial charge in [0.15, 0.2) is 5.65 Å². The fourth-order valence-corrected chi connectivity index (χ4v) is 5.91. The van der Waals surface area contributed by atoms with Crippen LogP contribution in [-0.2, 0) is 21.1 Å². The number of fused-ring (bicyclic) bond motifs is 9. The summed E-state index contributed by atoms with van der Waals surface area (Å²) in [5, 5.41) is 10.3. The van der Waals surface area contributed by atoms with E-state index >= 15 is 0 Å². The first-order valence-electron chi connectivity index (χ1n) is 13.2. The minimum atomic E-state index is 0. The quantitative estimate of drug-likeness (QED) is 0.138. The summed E-state index contributed by atoms with van der Waals surface area (Å²) in [6.07, 6.45) is 1.82. The van der Waals surface area contributed by atoms with Gasteiger partial charge in [-0.25, -0.2) is 14.5 Å². The van der Waals surface area contributed by atoms with Crippen molar-refractivity contribution in [3.63, 3.8) is 0 Å². The maximum absolute atomic E-state index is 6.42. The molecule has 0 saturated heterocycles. The summed E-state index contributed by atoms with van der Waals surface area (Å²) in [6, 6.07) is 33.7. The summed E-state index contributed by atoms with van der Waals surface area (Å²) in [7, 11) is 0. The Balaban J connectivity index is 0.00000276. The minimum Gasteiger partial charge on any atom is -0.509 e. The average molecular weight is 713 g/mol. The number of benzene rings is 4. The molecule has 0 amide bonds. The molecule has 0 unspecified atom stereocenters. The molecule has 0 bridgehead atoms. The predicted octanol–water partition coefficient (Wildman–Crippen LogP) is 7.84. The number of aryl methyl sites for hydroxylation is 3. The van der Waals surface area contributed by atoms with Crippen molar-refractivity contribution in [2.24, 2.45) is 0 Å². The molecule has 0 radical (unpaired) electrons. The summed E-state index contributed by atoms with van der Waals surface area (Å²) < 4.78 is 10.4. The molecule has 0 spiro atoms. The minimum absolute atomic E-state index is 0. The number of aromatic nitrogens is 5. The van der Waals surface area contributed by atoms with E-state index in [4.69, 9.17) is 19.8 Å². The number of rotatable bonds is 3. The molecule has 41 heavy (non-hydrogen) atoms. The van der Waals surface area contributed by atoms with E-state index in [1.165, 1.54) is 5.56 Å². The zero-order chi connectivity index (χ0) is 27.0. The number of ether oxygens (including phenoxy) is 1. The van der Waals surface area contributed by atoms with Gasteiger partial charge in [-0.3, -0.25) is 0 Å². The van der Waals surface area contributed by atoms with E-state index in [9.17, 15) is 0 Å². The fourth-order valence-electron chi connectivity index (χ4n) is 5.91. The maximum Gasteiger partial charge on any atom is 2.00 e. The third kappa shape index (κ3) is 3.86. The number of para-hydroxylation sites is 1. The zero-order valence-corrected chi connectivity index (χ0v) is 24.8. The molecule has 0 saturated carbocycles. The average Bonchev–Trinajstić information content (AvgIpc) is 3.51. The molecule has 0 aliphatic carbocycles. The molecule has 7 heteroatoms. The van der Waals surface area contributed by atoms with E-state index in [1.54, 1.807) is 0 Å². The van der Waals surface area contributed by atoms with Gasteiger partial charge < -0.3 is 9.30 Å². The summed E-state index contributed by atoms with van der Waals surface area (Å²) in [5.41, 5.74) is 6.74. The molecule has 8 rings (SSSR count). The van der Waals surface area contributed by atoms with E-state index in [0.717, 1.165) is 66.3 Å². The van der Waals surface area contributed by atoms with Gasteiger partial charge in [0.05, 0.1) is 5.52 Å². The van der Waals surface area contributed by atoms with Gasteiger partial charge in [0.1, 0.15) is 11.5 Å².